The quantitative estimate of drug-likeness (QED) is 0.681. The molecule has 0 atom stereocenters. The van der Waals surface area contributed by atoms with E-state index in [1.54, 1.807) is 24.3 Å². The first-order chi connectivity index (χ1) is 12.4. The van der Waals surface area contributed by atoms with Crippen molar-refractivity contribution in [3.05, 3.63) is 47.1 Å². The van der Waals surface area contributed by atoms with E-state index in [0.29, 0.717) is 5.69 Å². The Morgan fingerprint density at radius 1 is 1.27 bits per heavy atom. The van der Waals surface area contributed by atoms with Crippen LogP contribution in [0.3, 0.4) is 0 Å². The second kappa shape index (κ2) is 7.48. The summed E-state index contributed by atoms with van der Waals surface area (Å²) in [6.45, 7) is -1.07. The van der Waals surface area contributed by atoms with Crippen molar-refractivity contribution in [1.82, 2.24) is 14.8 Å². The first-order valence-corrected chi connectivity index (χ1v) is 8.38. The van der Waals surface area contributed by atoms with Crippen molar-refractivity contribution in [2.45, 2.75) is 13.5 Å². The summed E-state index contributed by atoms with van der Waals surface area (Å²) in [5, 5.41) is 12.4. The van der Waals surface area contributed by atoms with Crippen LogP contribution in [0.2, 0.25) is 0 Å². The molecule has 2 heterocycles. The molecular formula is C16H15F2N5O2S. The van der Waals surface area contributed by atoms with Crippen molar-refractivity contribution < 1.29 is 18.3 Å². The monoisotopic (exact) mass is 379 g/mol. The maximum Gasteiger partial charge on any atom is 0.388 e. The number of rotatable bonds is 6. The Bertz CT molecular complexity index is 908. The molecule has 2 aromatic heterocycles. The summed E-state index contributed by atoms with van der Waals surface area (Å²) in [7, 11) is 1.41. The summed E-state index contributed by atoms with van der Waals surface area (Å²) >= 11 is 1.50. The predicted molar refractivity (Wildman–Crippen MR) is 94.4 cm³/mol. The smallest absolute Gasteiger partial charge is 0.388 e. The van der Waals surface area contributed by atoms with Gasteiger partial charge in [-0.05, 0) is 31.2 Å². The Balaban J connectivity index is 1.64. The number of thiazole rings is 1. The van der Waals surface area contributed by atoms with Gasteiger partial charge in [0.2, 0.25) is 5.88 Å². The van der Waals surface area contributed by atoms with Gasteiger partial charge in [-0.3, -0.25) is 4.79 Å². The van der Waals surface area contributed by atoms with E-state index in [2.05, 4.69) is 25.5 Å². The highest BCUT2D eigenvalue weighted by Gasteiger charge is 2.16. The van der Waals surface area contributed by atoms with Gasteiger partial charge in [0.15, 0.2) is 10.8 Å². The molecule has 0 spiro atoms. The molecule has 1 amide bonds. The van der Waals surface area contributed by atoms with Gasteiger partial charge < -0.3 is 15.4 Å². The van der Waals surface area contributed by atoms with Crippen LogP contribution >= 0.6 is 11.3 Å². The first kappa shape index (κ1) is 17.8. The molecule has 26 heavy (non-hydrogen) atoms. The summed E-state index contributed by atoms with van der Waals surface area (Å²) < 4.78 is 29.9. The van der Waals surface area contributed by atoms with E-state index in [0.717, 1.165) is 27.3 Å². The normalized spacial score (nSPS) is 10.8. The number of halogens is 2. The van der Waals surface area contributed by atoms with E-state index < -0.39 is 12.5 Å². The molecule has 1 aromatic carbocycles. The SMILES string of the molecule is Cc1csc(Nc2ccc(NC(=O)c3cc(OC(F)F)n(C)n3)cc2)n1. The van der Waals surface area contributed by atoms with Crippen LogP contribution in [0.4, 0.5) is 25.3 Å². The zero-order valence-corrected chi connectivity index (χ0v) is 14.7. The van der Waals surface area contributed by atoms with E-state index in [9.17, 15) is 13.6 Å². The molecule has 3 aromatic rings. The number of alkyl halides is 2. The highest BCUT2D eigenvalue weighted by molar-refractivity contribution is 7.13. The fourth-order valence-corrected chi connectivity index (χ4v) is 2.84. The summed E-state index contributed by atoms with van der Waals surface area (Å²) in [5.41, 5.74) is 2.27. The van der Waals surface area contributed by atoms with Gasteiger partial charge in [-0.25, -0.2) is 9.67 Å². The number of amides is 1. The molecule has 0 radical (unpaired) electrons. The summed E-state index contributed by atoms with van der Waals surface area (Å²) in [5.74, 6) is -0.718. The molecule has 0 saturated carbocycles. The molecule has 0 unspecified atom stereocenters. The van der Waals surface area contributed by atoms with Gasteiger partial charge >= 0.3 is 6.61 Å². The van der Waals surface area contributed by atoms with E-state index in [1.807, 2.05) is 12.3 Å². The fraction of sp³-hybridized carbons (Fsp3) is 0.188. The number of benzene rings is 1. The largest absolute Gasteiger partial charge is 0.417 e. The minimum Gasteiger partial charge on any atom is -0.417 e. The van der Waals surface area contributed by atoms with E-state index in [1.165, 1.54) is 18.4 Å². The maximum atomic E-state index is 12.3. The fourth-order valence-electron chi connectivity index (χ4n) is 2.13. The van der Waals surface area contributed by atoms with Gasteiger partial charge in [0.25, 0.3) is 5.91 Å². The zero-order valence-electron chi connectivity index (χ0n) is 13.9. The number of aryl methyl sites for hydroxylation is 2. The van der Waals surface area contributed by atoms with Gasteiger partial charge in [0, 0.05) is 29.9 Å². The third-order valence-corrected chi connectivity index (χ3v) is 4.17. The molecule has 0 bridgehead atoms. The van der Waals surface area contributed by atoms with Gasteiger partial charge in [0.1, 0.15) is 0 Å². The Labute approximate surface area is 151 Å². The van der Waals surface area contributed by atoms with Crippen molar-refractivity contribution in [3.63, 3.8) is 0 Å². The number of hydrogen-bond donors (Lipinski definition) is 2. The van der Waals surface area contributed by atoms with Crippen LogP contribution in [0.5, 0.6) is 5.88 Å². The van der Waals surface area contributed by atoms with Crippen LogP contribution in [0.25, 0.3) is 0 Å². The molecule has 0 aliphatic heterocycles. The second-order valence-corrected chi connectivity index (χ2v) is 6.18. The molecule has 7 nitrogen and oxygen atoms in total. The zero-order chi connectivity index (χ0) is 18.7. The number of hydrogen-bond acceptors (Lipinski definition) is 6. The summed E-state index contributed by atoms with van der Waals surface area (Å²) in [6.07, 6.45) is 0. The Morgan fingerprint density at radius 3 is 2.58 bits per heavy atom. The molecule has 3 rings (SSSR count). The average molecular weight is 379 g/mol. The number of anilines is 3. The lowest BCUT2D eigenvalue weighted by Gasteiger charge is -2.06. The molecule has 0 aliphatic rings. The highest BCUT2D eigenvalue weighted by atomic mass is 32.1. The average Bonchev–Trinajstić information content (AvgIpc) is 3.15. The lowest BCUT2D eigenvalue weighted by Crippen LogP contribution is -2.12. The minimum atomic E-state index is -2.98. The van der Waals surface area contributed by atoms with Crippen LogP contribution in [0.15, 0.2) is 35.7 Å². The molecule has 136 valence electrons. The molecule has 0 saturated heterocycles. The van der Waals surface area contributed by atoms with Crippen molar-refractivity contribution in [1.29, 1.82) is 0 Å². The Hall–Kier alpha value is -3.01. The van der Waals surface area contributed by atoms with Crippen LogP contribution in [0.1, 0.15) is 16.2 Å². The number of ether oxygens (including phenoxy) is 1. The van der Waals surface area contributed by atoms with Crippen molar-refractivity contribution in [2.75, 3.05) is 10.6 Å². The second-order valence-electron chi connectivity index (χ2n) is 5.32. The van der Waals surface area contributed by atoms with Crippen molar-refractivity contribution in [3.8, 4) is 5.88 Å². The summed E-state index contributed by atoms with van der Waals surface area (Å²) in [4.78, 5) is 16.5. The number of nitrogens with one attached hydrogen (secondary N) is 2. The third kappa shape index (κ3) is 4.33. The molecule has 2 N–H and O–H groups in total. The number of aromatic nitrogens is 3. The minimum absolute atomic E-state index is 0.0244. The van der Waals surface area contributed by atoms with E-state index in [4.69, 9.17) is 0 Å². The number of carbonyl (C=O) groups is 1. The Kier molecular flexibility index (Phi) is 5.12. The maximum absolute atomic E-state index is 12.3. The lowest BCUT2D eigenvalue weighted by atomic mass is 10.2. The van der Waals surface area contributed by atoms with Gasteiger partial charge in [-0.1, -0.05) is 0 Å². The van der Waals surface area contributed by atoms with Crippen molar-refractivity contribution >= 4 is 33.8 Å². The number of carbonyl (C=O) groups excluding carboxylic acids is 1. The van der Waals surface area contributed by atoms with Crippen molar-refractivity contribution in [2.24, 2.45) is 7.05 Å². The van der Waals surface area contributed by atoms with Gasteiger partial charge in [0.05, 0.1) is 5.69 Å². The van der Waals surface area contributed by atoms with Gasteiger partial charge in [-0.2, -0.15) is 13.9 Å². The van der Waals surface area contributed by atoms with Crippen LogP contribution in [0, 0.1) is 6.92 Å². The standard InChI is InChI=1S/C16H15F2N5O2S/c1-9-8-26-16(19-9)21-11-5-3-10(4-6-11)20-14(24)12-7-13(23(2)22-12)25-15(17)18/h3-8,15H,1-2H3,(H,19,21)(H,20,24). The van der Waals surface area contributed by atoms with Crippen LogP contribution < -0.4 is 15.4 Å². The predicted octanol–water partition coefficient (Wildman–Crippen LogP) is 3.78. The molecule has 10 heteroatoms. The summed E-state index contributed by atoms with van der Waals surface area (Å²) in [6, 6.07) is 8.15. The van der Waals surface area contributed by atoms with E-state index in [-0.39, 0.29) is 11.6 Å². The van der Waals surface area contributed by atoms with Crippen LogP contribution in [-0.4, -0.2) is 27.3 Å². The third-order valence-electron chi connectivity index (χ3n) is 3.29. The molecule has 0 aliphatic carbocycles. The first-order valence-electron chi connectivity index (χ1n) is 7.50. The lowest BCUT2D eigenvalue weighted by molar-refractivity contribution is -0.0553. The van der Waals surface area contributed by atoms with Gasteiger partial charge in [-0.15, -0.1) is 11.3 Å². The highest BCUT2D eigenvalue weighted by Crippen LogP contribution is 2.22. The number of nitrogens with zero attached hydrogens (tertiary/aromatic N) is 3. The van der Waals surface area contributed by atoms with Crippen LogP contribution in [-0.2, 0) is 7.05 Å². The van der Waals surface area contributed by atoms with E-state index >= 15 is 0 Å². The topological polar surface area (TPSA) is 81.1 Å². The Morgan fingerprint density at radius 2 is 1.96 bits per heavy atom. The molecule has 0 fully saturated rings. The molecular weight excluding hydrogens is 364 g/mol.